The molecule has 0 saturated heterocycles. The lowest BCUT2D eigenvalue weighted by Crippen LogP contribution is -2.45. The Labute approximate surface area is 166 Å². The smallest absolute Gasteiger partial charge is 0.191 e. The number of aliphatic imine (C=N–C) groups is 1. The minimum Gasteiger partial charge on any atom is -0.493 e. The molecule has 0 aliphatic carbocycles. The van der Waals surface area contributed by atoms with Gasteiger partial charge in [0.2, 0.25) is 0 Å². The number of ether oxygens (including phenoxy) is 2. The van der Waals surface area contributed by atoms with E-state index < -0.39 is 0 Å². The molecule has 2 atom stereocenters. The molecule has 1 aliphatic rings. The number of fused-ring (bicyclic) bond motifs is 1. The summed E-state index contributed by atoms with van der Waals surface area (Å²) in [7, 11) is 3.66. The van der Waals surface area contributed by atoms with Gasteiger partial charge in [-0.25, -0.2) is 4.99 Å². The highest BCUT2D eigenvalue weighted by Gasteiger charge is 2.29. The Hall–Kier alpha value is -2.61. The zero-order valence-electron chi connectivity index (χ0n) is 17.1. The van der Waals surface area contributed by atoms with E-state index in [1.54, 1.807) is 7.11 Å². The third kappa shape index (κ3) is 4.81. The maximum absolute atomic E-state index is 5.84. The predicted molar refractivity (Wildman–Crippen MR) is 109 cm³/mol. The fraction of sp³-hybridized carbons (Fsp3) is 0.550. The molecule has 2 aromatic rings. The lowest BCUT2D eigenvalue weighted by molar-refractivity contribution is 0.195. The highest BCUT2D eigenvalue weighted by molar-refractivity contribution is 5.80. The molecule has 0 bridgehead atoms. The Bertz CT molecular complexity index is 804. The van der Waals surface area contributed by atoms with Crippen LogP contribution in [0.4, 0.5) is 0 Å². The van der Waals surface area contributed by atoms with Crippen molar-refractivity contribution in [1.29, 1.82) is 0 Å². The van der Waals surface area contributed by atoms with Crippen molar-refractivity contribution < 1.29 is 9.47 Å². The van der Waals surface area contributed by atoms with Gasteiger partial charge in [0.15, 0.2) is 11.8 Å². The van der Waals surface area contributed by atoms with Crippen LogP contribution in [0.3, 0.4) is 0 Å². The third-order valence-electron chi connectivity index (χ3n) is 5.08. The van der Waals surface area contributed by atoms with Crippen molar-refractivity contribution in [3.8, 4) is 5.75 Å². The van der Waals surface area contributed by atoms with Gasteiger partial charge in [0.05, 0.1) is 6.61 Å². The second-order valence-corrected chi connectivity index (χ2v) is 7.05. The highest BCUT2D eigenvalue weighted by atomic mass is 16.5. The lowest BCUT2D eigenvalue weighted by atomic mass is 9.94. The van der Waals surface area contributed by atoms with Gasteiger partial charge in [0, 0.05) is 44.8 Å². The van der Waals surface area contributed by atoms with Gasteiger partial charge < -0.3 is 24.7 Å². The maximum atomic E-state index is 5.84. The zero-order chi connectivity index (χ0) is 19.9. The van der Waals surface area contributed by atoms with E-state index in [2.05, 4.69) is 39.9 Å². The summed E-state index contributed by atoms with van der Waals surface area (Å²) in [5, 5.41) is 15.2. The number of rotatable bonds is 8. The largest absolute Gasteiger partial charge is 0.493 e. The molecule has 0 spiro atoms. The van der Waals surface area contributed by atoms with Crippen molar-refractivity contribution >= 4 is 5.96 Å². The van der Waals surface area contributed by atoms with Gasteiger partial charge in [-0.05, 0) is 26.3 Å². The summed E-state index contributed by atoms with van der Waals surface area (Å²) < 4.78 is 12.9. The van der Waals surface area contributed by atoms with E-state index in [0.29, 0.717) is 19.8 Å². The first-order valence-corrected chi connectivity index (χ1v) is 9.70. The standard InChI is InChI=1S/C20H30N6O2/c1-14(17-13-28-18-9-6-5-8-16(17)18)23-20(21-10-7-11-27-4)22-12-19-25-24-15(2)26(19)3/h5-6,8-9,14,17H,7,10-13H2,1-4H3,(H2,21,22,23). The molecule has 1 aromatic carbocycles. The Balaban J connectivity index is 1.67. The van der Waals surface area contributed by atoms with Crippen LogP contribution in [0.15, 0.2) is 29.3 Å². The number of aryl methyl sites for hydroxylation is 1. The Morgan fingerprint density at radius 2 is 2.21 bits per heavy atom. The fourth-order valence-corrected chi connectivity index (χ4v) is 3.23. The zero-order valence-corrected chi connectivity index (χ0v) is 17.1. The monoisotopic (exact) mass is 386 g/mol. The van der Waals surface area contributed by atoms with E-state index in [4.69, 9.17) is 14.5 Å². The Kier molecular flexibility index (Phi) is 6.86. The predicted octanol–water partition coefficient (Wildman–Crippen LogP) is 1.76. The summed E-state index contributed by atoms with van der Waals surface area (Å²) in [5.74, 6) is 3.72. The Morgan fingerprint density at radius 3 is 2.96 bits per heavy atom. The molecule has 0 saturated carbocycles. The van der Waals surface area contributed by atoms with Gasteiger partial charge in [-0.2, -0.15) is 0 Å². The second kappa shape index (κ2) is 9.54. The number of hydrogen-bond acceptors (Lipinski definition) is 5. The van der Waals surface area contributed by atoms with E-state index in [1.165, 1.54) is 5.56 Å². The number of benzene rings is 1. The molecule has 0 amide bonds. The highest BCUT2D eigenvalue weighted by Crippen LogP contribution is 2.35. The van der Waals surface area contributed by atoms with Crippen molar-refractivity contribution in [2.75, 3.05) is 26.9 Å². The average molecular weight is 387 g/mol. The van der Waals surface area contributed by atoms with Gasteiger partial charge in [0.1, 0.15) is 18.1 Å². The summed E-state index contributed by atoms with van der Waals surface area (Å²) in [6.07, 6.45) is 0.907. The number of nitrogens with zero attached hydrogens (tertiary/aromatic N) is 4. The molecule has 0 fully saturated rings. The molecule has 28 heavy (non-hydrogen) atoms. The normalized spacial score (nSPS) is 17.1. The van der Waals surface area contributed by atoms with Gasteiger partial charge >= 0.3 is 0 Å². The number of nitrogens with one attached hydrogen (secondary N) is 2. The number of hydrogen-bond donors (Lipinski definition) is 2. The first kappa shape index (κ1) is 20.1. The lowest BCUT2D eigenvalue weighted by Gasteiger charge is -2.23. The molecule has 0 radical (unpaired) electrons. The topological polar surface area (TPSA) is 85.6 Å². The summed E-state index contributed by atoms with van der Waals surface area (Å²) in [6, 6.07) is 8.39. The minimum absolute atomic E-state index is 0.165. The van der Waals surface area contributed by atoms with Crippen LogP contribution in [-0.4, -0.2) is 53.6 Å². The molecule has 2 unspecified atom stereocenters. The van der Waals surface area contributed by atoms with E-state index in [9.17, 15) is 0 Å². The molecule has 2 N–H and O–H groups in total. The molecule has 2 heterocycles. The van der Waals surface area contributed by atoms with Crippen LogP contribution in [0.1, 0.15) is 36.5 Å². The molecule has 8 nitrogen and oxygen atoms in total. The van der Waals surface area contributed by atoms with Crippen molar-refractivity contribution in [2.24, 2.45) is 12.0 Å². The van der Waals surface area contributed by atoms with Crippen molar-refractivity contribution in [1.82, 2.24) is 25.4 Å². The van der Waals surface area contributed by atoms with Crippen LogP contribution in [0.2, 0.25) is 0 Å². The second-order valence-electron chi connectivity index (χ2n) is 7.05. The number of aromatic nitrogens is 3. The van der Waals surface area contributed by atoms with Gasteiger partial charge in [0.25, 0.3) is 0 Å². The summed E-state index contributed by atoms with van der Waals surface area (Å²) in [5.41, 5.74) is 1.24. The van der Waals surface area contributed by atoms with E-state index in [0.717, 1.165) is 36.3 Å². The first-order valence-electron chi connectivity index (χ1n) is 9.70. The molecule has 8 heteroatoms. The number of methoxy groups -OCH3 is 1. The van der Waals surface area contributed by atoms with Crippen LogP contribution in [0, 0.1) is 6.92 Å². The molecular weight excluding hydrogens is 356 g/mol. The first-order chi connectivity index (χ1) is 13.6. The van der Waals surface area contributed by atoms with Crippen molar-refractivity contribution in [2.45, 2.75) is 38.8 Å². The SMILES string of the molecule is COCCCNC(=NCc1nnc(C)n1C)NC(C)C1COc2ccccc21. The fourth-order valence-electron chi connectivity index (χ4n) is 3.23. The number of guanidine groups is 1. The van der Waals surface area contributed by atoms with Gasteiger partial charge in [-0.3, -0.25) is 0 Å². The van der Waals surface area contributed by atoms with Crippen LogP contribution in [0.25, 0.3) is 0 Å². The summed E-state index contributed by atoms with van der Waals surface area (Å²) >= 11 is 0. The van der Waals surface area contributed by atoms with Crippen molar-refractivity contribution in [3.63, 3.8) is 0 Å². The van der Waals surface area contributed by atoms with Crippen LogP contribution in [0.5, 0.6) is 5.75 Å². The molecule has 152 valence electrons. The molecular formula is C20H30N6O2. The third-order valence-corrected chi connectivity index (χ3v) is 5.08. The van der Waals surface area contributed by atoms with Crippen molar-refractivity contribution in [3.05, 3.63) is 41.5 Å². The van der Waals surface area contributed by atoms with Gasteiger partial charge in [-0.1, -0.05) is 18.2 Å². The maximum Gasteiger partial charge on any atom is 0.191 e. The molecule has 3 rings (SSSR count). The molecule has 1 aromatic heterocycles. The van der Waals surface area contributed by atoms with Crippen LogP contribution in [-0.2, 0) is 18.3 Å². The van der Waals surface area contributed by atoms with Crippen LogP contribution >= 0.6 is 0 Å². The minimum atomic E-state index is 0.165. The molecule has 1 aliphatic heterocycles. The summed E-state index contributed by atoms with van der Waals surface area (Å²) in [4.78, 5) is 4.72. The van der Waals surface area contributed by atoms with Gasteiger partial charge in [-0.15, -0.1) is 10.2 Å². The number of para-hydroxylation sites is 1. The quantitative estimate of drug-likeness (QED) is 0.409. The van der Waals surface area contributed by atoms with E-state index in [1.807, 2.05) is 30.7 Å². The van der Waals surface area contributed by atoms with E-state index >= 15 is 0 Å². The van der Waals surface area contributed by atoms with Crippen LogP contribution < -0.4 is 15.4 Å². The van der Waals surface area contributed by atoms with E-state index in [-0.39, 0.29) is 12.0 Å². The average Bonchev–Trinajstić information content (AvgIpc) is 3.27. The summed E-state index contributed by atoms with van der Waals surface area (Å²) in [6.45, 7) is 6.72. The Morgan fingerprint density at radius 1 is 1.39 bits per heavy atom.